The molecule has 0 saturated carbocycles. The van der Waals surface area contributed by atoms with E-state index in [0.29, 0.717) is 13.2 Å². The van der Waals surface area contributed by atoms with Crippen LogP contribution in [-0.2, 0) is 19.1 Å². The Kier molecular flexibility index (Phi) is 13.0. The fourth-order valence-electron chi connectivity index (χ4n) is 2.00. The normalized spacial score (nSPS) is 10.2. The van der Waals surface area contributed by atoms with Crippen LogP contribution in [0.5, 0.6) is 0 Å². The van der Waals surface area contributed by atoms with Gasteiger partial charge in [0.15, 0.2) is 0 Å². The molecule has 0 aliphatic heterocycles. The lowest BCUT2D eigenvalue weighted by Crippen LogP contribution is -2.40. The van der Waals surface area contributed by atoms with E-state index in [-0.39, 0.29) is 25.3 Å². The molecule has 0 aromatic rings. The van der Waals surface area contributed by atoms with E-state index in [2.05, 4.69) is 6.92 Å². The molecular formula is C16H30N2O5. The van der Waals surface area contributed by atoms with Crippen molar-refractivity contribution in [2.45, 2.75) is 65.2 Å². The summed E-state index contributed by atoms with van der Waals surface area (Å²) in [5, 5.41) is 8.60. The van der Waals surface area contributed by atoms with Gasteiger partial charge >= 0.3 is 5.97 Å². The molecule has 2 amide bonds. The maximum Gasteiger partial charge on any atom is 0.306 e. The van der Waals surface area contributed by atoms with Crippen LogP contribution in [0.2, 0.25) is 0 Å². The molecule has 0 heterocycles. The summed E-state index contributed by atoms with van der Waals surface area (Å²) in [6, 6.07) is 0. The predicted octanol–water partition coefficient (Wildman–Crippen LogP) is 2.02. The van der Waals surface area contributed by atoms with Gasteiger partial charge < -0.3 is 9.64 Å². The van der Waals surface area contributed by atoms with Gasteiger partial charge in [-0.1, -0.05) is 39.5 Å². The van der Waals surface area contributed by atoms with Gasteiger partial charge in [0.1, 0.15) is 6.54 Å². The zero-order valence-corrected chi connectivity index (χ0v) is 14.3. The second kappa shape index (κ2) is 14.0. The molecule has 0 saturated heterocycles. The SMILES string of the molecule is CCCCCCN(CC(=O)NO)C(=O)CCC(=O)OCCCC. The average Bonchev–Trinajstić information content (AvgIpc) is 2.55. The van der Waals surface area contributed by atoms with Gasteiger partial charge in [-0.25, -0.2) is 5.48 Å². The van der Waals surface area contributed by atoms with E-state index in [1.54, 1.807) is 0 Å². The molecule has 23 heavy (non-hydrogen) atoms. The first kappa shape index (κ1) is 21.4. The number of esters is 1. The Morgan fingerprint density at radius 1 is 1.00 bits per heavy atom. The molecule has 0 aliphatic carbocycles. The van der Waals surface area contributed by atoms with Gasteiger partial charge in [0.05, 0.1) is 13.0 Å². The Morgan fingerprint density at radius 3 is 2.30 bits per heavy atom. The van der Waals surface area contributed by atoms with E-state index in [4.69, 9.17) is 9.94 Å². The molecule has 0 aromatic carbocycles. The third-order valence-corrected chi connectivity index (χ3v) is 3.40. The van der Waals surface area contributed by atoms with Crippen LogP contribution < -0.4 is 5.48 Å². The molecule has 0 aromatic heterocycles. The summed E-state index contributed by atoms with van der Waals surface area (Å²) in [5.74, 6) is -1.32. The van der Waals surface area contributed by atoms with Gasteiger partial charge in [0.2, 0.25) is 5.91 Å². The number of unbranched alkanes of at least 4 members (excludes halogenated alkanes) is 4. The third-order valence-electron chi connectivity index (χ3n) is 3.40. The van der Waals surface area contributed by atoms with Crippen LogP contribution >= 0.6 is 0 Å². The molecule has 0 bridgehead atoms. The Balaban J connectivity index is 4.25. The Bertz CT molecular complexity index is 360. The fraction of sp³-hybridized carbons (Fsp3) is 0.812. The summed E-state index contributed by atoms with van der Waals surface area (Å²) >= 11 is 0. The highest BCUT2D eigenvalue weighted by atomic mass is 16.5. The highest BCUT2D eigenvalue weighted by molar-refractivity contribution is 5.86. The number of rotatable bonds is 13. The molecule has 7 heteroatoms. The van der Waals surface area contributed by atoms with Crippen molar-refractivity contribution in [1.29, 1.82) is 0 Å². The quantitative estimate of drug-likeness (QED) is 0.233. The summed E-state index contributed by atoms with van der Waals surface area (Å²) in [6.07, 6.45) is 5.67. The van der Waals surface area contributed by atoms with Crippen LogP contribution in [0.1, 0.15) is 65.2 Å². The first-order valence-electron chi connectivity index (χ1n) is 8.41. The topological polar surface area (TPSA) is 95.9 Å². The zero-order chi connectivity index (χ0) is 17.5. The molecule has 7 nitrogen and oxygen atoms in total. The molecular weight excluding hydrogens is 300 g/mol. The van der Waals surface area contributed by atoms with Crippen molar-refractivity contribution >= 4 is 17.8 Å². The van der Waals surface area contributed by atoms with Crippen molar-refractivity contribution in [2.24, 2.45) is 0 Å². The van der Waals surface area contributed by atoms with Crippen molar-refractivity contribution in [3.05, 3.63) is 0 Å². The van der Waals surface area contributed by atoms with E-state index < -0.39 is 11.9 Å². The second-order valence-electron chi connectivity index (χ2n) is 5.48. The molecule has 0 radical (unpaired) electrons. The van der Waals surface area contributed by atoms with E-state index in [1.807, 2.05) is 6.92 Å². The summed E-state index contributed by atoms with van der Waals surface area (Å²) in [5.41, 5.74) is 1.53. The molecule has 0 aliphatic rings. The zero-order valence-electron chi connectivity index (χ0n) is 14.3. The Morgan fingerprint density at radius 2 is 1.70 bits per heavy atom. The maximum absolute atomic E-state index is 12.1. The number of ether oxygens (including phenoxy) is 1. The highest BCUT2D eigenvalue weighted by Crippen LogP contribution is 2.05. The number of carbonyl (C=O) groups excluding carboxylic acids is 3. The van der Waals surface area contributed by atoms with Crippen molar-refractivity contribution in [3.63, 3.8) is 0 Å². The van der Waals surface area contributed by atoms with Crippen LogP contribution in [0.25, 0.3) is 0 Å². The molecule has 0 fully saturated rings. The minimum atomic E-state index is -0.639. The monoisotopic (exact) mass is 330 g/mol. The number of hydrogen-bond donors (Lipinski definition) is 2. The summed E-state index contributed by atoms with van der Waals surface area (Å²) in [4.78, 5) is 36.3. The van der Waals surface area contributed by atoms with Gasteiger partial charge in [-0.2, -0.15) is 0 Å². The van der Waals surface area contributed by atoms with Gasteiger partial charge in [-0.15, -0.1) is 0 Å². The Hall–Kier alpha value is -1.63. The minimum absolute atomic E-state index is 0.00868. The molecule has 0 atom stereocenters. The van der Waals surface area contributed by atoms with E-state index in [1.165, 1.54) is 10.4 Å². The number of amides is 2. The highest BCUT2D eigenvalue weighted by Gasteiger charge is 2.18. The van der Waals surface area contributed by atoms with Crippen LogP contribution in [0.3, 0.4) is 0 Å². The number of hydrogen-bond acceptors (Lipinski definition) is 5. The molecule has 134 valence electrons. The summed E-state index contributed by atoms with van der Waals surface area (Å²) in [6.45, 7) is 4.70. The van der Waals surface area contributed by atoms with E-state index >= 15 is 0 Å². The summed E-state index contributed by atoms with van der Waals surface area (Å²) < 4.78 is 5.00. The molecule has 0 rings (SSSR count). The number of nitrogens with zero attached hydrogens (tertiary/aromatic N) is 1. The first-order valence-corrected chi connectivity index (χ1v) is 8.41. The molecule has 0 unspecified atom stereocenters. The van der Waals surface area contributed by atoms with Crippen molar-refractivity contribution in [2.75, 3.05) is 19.7 Å². The van der Waals surface area contributed by atoms with Crippen LogP contribution in [-0.4, -0.2) is 47.6 Å². The van der Waals surface area contributed by atoms with Gasteiger partial charge in [-0.05, 0) is 12.8 Å². The average molecular weight is 330 g/mol. The standard InChI is InChI=1S/C16H30N2O5/c1-3-5-7-8-11-18(13-14(19)17-22)15(20)9-10-16(21)23-12-6-4-2/h22H,3-13H2,1-2H3,(H,17,19). The lowest BCUT2D eigenvalue weighted by molar-refractivity contribution is -0.146. The first-order chi connectivity index (χ1) is 11.0. The number of nitrogens with one attached hydrogen (secondary N) is 1. The van der Waals surface area contributed by atoms with Gasteiger partial charge in [0.25, 0.3) is 5.91 Å². The number of carbonyl (C=O) groups is 3. The lowest BCUT2D eigenvalue weighted by Gasteiger charge is -2.21. The minimum Gasteiger partial charge on any atom is -0.466 e. The second-order valence-corrected chi connectivity index (χ2v) is 5.48. The van der Waals surface area contributed by atoms with Crippen LogP contribution in [0.15, 0.2) is 0 Å². The largest absolute Gasteiger partial charge is 0.466 e. The maximum atomic E-state index is 12.1. The third kappa shape index (κ3) is 11.6. The van der Waals surface area contributed by atoms with Crippen LogP contribution in [0, 0.1) is 0 Å². The number of hydroxylamine groups is 1. The van der Waals surface area contributed by atoms with Gasteiger partial charge in [-0.3, -0.25) is 19.6 Å². The molecule has 2 N–H and O–H groups in total. The van der Waals surface area contributed by atoms with E-state index in [0.717, 1.165) is 38.5 Å². The van der Waals surface area contributed by atoms with Crippen molar-refractivity contribution < 1.29 is 24.3 Å². The predicted molar refractivity (Wildman–Crippen MR) is 85.8 cm³/mol. The van der Waals surface area contributed by atoms with Crippen LogP contribution in [0.4, 0.5) is 0 Å². The van der Waals surface area contributed by atoms with Crippen molar-refractivity contribution in [3.8, 4) is 0 Å². The fourth-order valence-corrected chi connectivity index (χ4v) is 2.00. The van der Waals surface area contributed by atoms with Gasteiger partial charge in [0, 0.05) is 13.0 Å². The smallest absolute Gasteiger partial charge is 0.306 e. The van der Waals surface area contributed by atoms with E-state index in [9.17, 15) is 14.4 Å². The summed E-state index contributed by atoms with van der Waals surface area (Å²) in [7, 11) is 0. The molecule has 0 spiro atoms. The Labute approximate surface area is 138 Å². The van der Waals surface area contributed by atoms with Crippen molar-refractivity contribution in [1.82, 2.24) is 10.4 Å². The lowest BCUT2D eigenvalue weighted by atomic mass is 10.2.